The highest BCUT2D eigenvalue weighted by Crippen LogP contribution is 2.29. The zero-order valence-corrected chi connectivity index (χ0v) is 18.5. The zero-order valence-electron chi connectivity index (χ0n) is 17.6. The van der Waals surface area contributed by atoms with Crippen molar-refractivity contribution in [2.75, 3.05) is 13.2 Å². The number of amides is 1. The Balaban J connectivity index is 3.51. The van der Waals surface area contributed by atoms with Gasteiger partial charge in [0.15, 0.2) is 0 Å². The smallest absolute Gasteiger partial charge is 0.265 e. The molecule has 2 N–H and O–H groups in total. The first kappa shape index (κ1) is 27.5. The van der Waals surface area contributed by atoms with Crippen LogP contribution < -0.4 is 10.2 Å². The van der Waals surface area contributed by atoms with Crippen molar-refractivity contribution in [3.8, 4) is 0 Å². The fraction of sp³-hybridized carbons (Fsp3) is 0.591. The second kappa shape index (κ2) is 19.8. The van der Waals surface area contributed by atoms with Crippen molar-refractivity contribution in [3.63, 3.8) is 0 Å². The highest BCUT2D eigenvalue weighted by atomic mass is 31.2. The van der Waals surface area contributed by atoms with E-state index in [1.807, 2.05) is 0 Å². The number of carbonyl (C=O) groups is 1. The van der Waals surface area contributed by atoms with Gasteiger partial charge in [-0.05, 0) is 44.9 Å². The van der Waals surface area contributed by atoms with E-state index in [0.29, 0.717) is 6.42 Å². The molecular weight excluding hydrogens is 389 g/mol. The van der Waals surface area contributed by atoms with E-state index in [1.165, 1.54) is 25.7 Å². The first-order chi connectivity index (χ1) is 14.0. The summed E-state index contributed by atoms with van der Waals surface area (Å²) in [6.45, 7) is 2.01. The second-order valence-corrected chi connectivity index (χ2v) is 7.83. The predicted octanol–water partition coefficient (Wildman–Crippen LogP) is 4.73. The summed E-state index contributed by atoms with van der Waals surface area (Å²) < 4.78 is 14.5. The van der Waals surface area contributed by atoms with Gasteiger partial charge in [-0.3, -0.25) is 9.36 Å². The molecule has 0 aliphatic rings. The number of allylic oxidation sites excluding steroid dienone is 8. The Bertz CT molecular complexity index is 564. The van der Waals surface area contributed by atoms with E-state index in [1.54, 1.807) is 0 Å². The predicted molar refractivity (Wildman–Crippen MR) is 117 cm³/mol. The summed E-state index contributed by atoms with van der Waals surface area (Å²) in [6, 6.07) is 0. The first-order valence-corrected chi connectivity index (χ1v) is 12.0. The molecule has 166 valence electrons. The monoisotopic (exact) mass is 426 g/mol. The molecule has 1 amide bonds. The average molecular weight is 427 g/mol. The van der Waals surface area contributed by atoms with E-state index in [2.05, 4.69) is 65.4 Å². The van der Waals surface area contributed by atoms with Crippen molar-refractivity contribution in [1.82, 2.24) is 5.32 Å². The third kappa shape index (κ3) is 24.5. The molecule has 0 saturated carbocycles. The molecule has 0 aromatic carbocycles. The van der Waals surface area contributed by atoms with E-state index in [9.17, 15) is 14.3 Å². The van der Waals surface area contributed by atoms with Crippen molar-refractivity contribution < 1.29 is 23.7 Å². The van der Waals surface area contributed by atoms with Gasteiger partial charge in [0.05, 0.1) is 6.61 Å². The molecule has 0 rings (SSSR count). The number of hydrogen-bond donors (Lipinski definition) is 2. The molecular formula is C22H37NO5P-. The Hall–Kier alpha value is -1.46. The van der Waals surface area contributed by atoms with Gasteiger partial charge in [-0.2, -0.15) is 0 Å². The number of nitrogens with one attached hydrogen (secondary N) is 1. The molecule has 0 aromatic heterocycles. The van der Waals surface area contributed by atoms with Crippen LogP contribution in [0.15, 0.2) is 48.6 Å². The van der Waals surface area contributed by atoms with Gasteiger partial charge >= 0.3 is 0 Å². The number of phosphoric ester groups is 1. The Morgan fingerprint density at radius 1 is 0.931 bits per heavy atom. The highest BCUT2D eigenvalue weighted by Gasteiger charge is 2.03. The van der Waals surface area contributed by atoms with Crippen LogP contribution in [0.4, 0.5) is 0 Å². The summed E-state index contributed by atoms with van der Waals surface area (Å²) in [6.07, 6.45) is 27.1. The van der Waals surface area contributed by atoms with E-state index < -0.39 is 7.82 Å². The molecule has 0 aliphatic heterocycles. The van der Waals surface area contributed by atoms with Crippen LogP contribution in [0.25, 0.3) is 0 Å². The summed E-state index contributed by atoms with van der Waals surface area (Å²) >= 11 is 0. The minimum Gasteiger partial charge on any atom is -0.756 e. The lowest BCUT2D eigenvalue weighted by Crippen LogP contribution is -2.27. The molecule has 29 heavy (non-hydrogen) atoms. The van der Waals surface area contributed by atoms with Gasteiger partial charge in [0, 0.05) is 13.0 Å². The fourth-order valence-corrected chi connectivity index (χ4v) is 2.70. The number of hydrogen-bond acceptors (Lipinski definition) is 4. The van der Waals surface area contributed by atoms with E-state index in [-0.39, 0.29) is 19.1 Å². The van der Waals surface area contributed by atoms with Crippen LogP contribution in [0.1, 0.15) is 71.1 Å². The van der Waals surface area contributed by atoms with Crippen LogP contribution in [0.3, 0.4) is 0 Å². The Kier molecular flexibility index (Phi) is 18.8. The van der Waals surface area contributed by atoms with E-state index in [0.717, 1.165) is 32.1 Å². The Morgan fingerprint density at radius 2 is 1.45 bits per heavy atom. The molecule has 1 atom stereocenters. The molecule has 6 nitrogen and oxygen atoms in total. The van der Waals surface area contributed by atoms with Crippen molar-refractivity contribution in [2.24, 2.45) is 0 Å². The molecule has 7 heteroatoms. The van der Waals surface area contributed by atoms with Crippen LogP contribution in [0, 0.1) is 0 Å². The van der Waals surface area contributed by atoms with E-state index in [4.69, 9.17) is 4.89 Å². The SMILES string of the molecule is CCCCC/C=C\C/C=C\C/C=C\C/C=C\CCCC(=O)NCCOP(=O)([O-])O. The van der Waals surface area contributed by atoms with Crippen LogP contribution in [0.2, 0.25) is 0 Å². The normalized spacial score (nSPS) is 14.4. The zero-order chi connectivity index (χ0) is 21.6. The van der Waals surface area contributed by atoms with Gasteiger partial charge in [0.1, 0.15) is 0 Å². The molecule has 0 aliphatic carbocycles. The summed E-state index contributed by atoms with van der Waals surface area (Å²) in [4.78, 5) is 30.3. The molecule has 0 radical (unpaired) electrons. The average Bonchev–Trinajstić information content (AvgIpc) is 2.67. The summed E-state index contributed by atoms with van der Waals surface area (Å²) in [5.74, 6) is -0.164. The number of rotatable bonds is 18. The van der Waals surface area contributed by atoms with Gasteiger partial charge in [0.2, 0.25) is 5.91 Å². The number of carbonyl (C=O) groups excluding carboxylic acids is 1. The van der Waals surface area contributed by atoms with Crippen molar-refractivity contribution in [3.05, 3.63) is 48.6 Å². The Labute approximate surface area is 176 Å². The van der Waals surface area contributed by atoms with Gasteiger partial charge in [-0.1, -0.05) is 68.4 Å². The molecule has 0 bridgehead atoms. The third-order valence-electron chi connectivity index (χ3n) is 3.91. The quantitative estimate of drug-likeness (QED) is 0.188. The van der Waals surface area contributed by atoms with Gasteiger partial charge in [0.25, 0.3) is 7.82 Å². The molecule has 1 unspecified atom stereocenters. The molecule has 0 heterocycles. The highest BCUT2D eigenvalue weighted by molar-refractivity contribution is 7.44. The van der Waals surface area contributed by atoms with Crippen LogP contribution in [0.5, 0.6) is 0 Å². The molecule has 0 fully saturated rings. The molecule has 0 saturated heterocycles. The van der Waals surface area contributed by atoms with E-state index >= 15 is 0 Å². The molecule has 0 spiro atoms. The maximum absolute atomic E-state index is 11.5. The van der Waals surface area contributed by atoms with Crippen molar-refractivity contribution in [2.45, 2.75) is 71.1 Å². The lowest BCUT2D eigenvalue weighted by atomic mass is 10.2. The Morgan fingerprint density at radius 3 is 1.97 bits per heavy atom. The maximum Gasteiger partial charge on any atom is 0.265 e. The lowest BCUT2D eigenvalue weighted by Gasteiger charge is -2.15. The topological polar surface area (TPSA) is 98.7 Å². The van der Waals surface area contributed by atoms with Crippen molar-refractivity contribution in [1.29, 1.82) is 0 Å². The maximum atomic E-state index is 11.5. The fourth-order valence-electron chi connectivity index (χ4n) is 2.38. The van der Waals surface area contributed by atoms with Gasteiger partial charge in [-0.25, -0.2) is 0 Å². The van der Waals surface area contributed by atoms with Crippen LogP contribution >= 0.6 is 7.82 Å². The van der Waals surface area contributed by atoms with Crippen molar-refractivity contribution >= 4 is 13.7 Å². The molecule has 0 aromatic rings. The largest absolute Gasteiger partial charge is 0.756 e. The minimum absolute atomic E-state index is 0.0515. The summed E-state index contributed by atoms with van der Waals surface area (Å²) in [5.41, 5.74) is 0. The minimum atomic E-state index is -4.70. The third-order valence-corrected chi connectivity index (χ3v) is 4.42. The lowest BCUT2D eigenvalue weighted by molar-refractivity contribution is -0.219. The standard InChI is InChI=1S/C22H38NO5P/c1-2-3-4-5-6-7-8-9-10-11-12-13-14-15-16-17-18-19-22(24)23-20-21-28-29(25,26)27/h6-7,9-10,12-13,15-16H,2-5,8,11,14,17-21H2,1H3,(H,23,24)(H2,25,26,27)/p-1/b7-6-,10-9-,13-12-,16-15-. The summed E-state index contributed by atoms with van der Waals surface area (Å²) in [5, 5.41) is 2.53. The summed E-state index contributed by atoms with van der Waals surface area (Å²) in [7, 11) is -4.70. The van der Waals surface area contributed by atoms with Gasteiger partial charge < -0.3 is 19.6 Å². The van der Waals surface area contributed by atoms with Gasteiger partial charge in [-0.15, -0.1) is 0 Å². The first-order valence-electron chi connectivity index (χ1n) is 10.5. The number of phosphoric acid groups is 1. The number of unbranched alkanes of at least 4 members (excludes halogenated alkanes) is 4. The second-order valence-electron chi connectivity index (χ2n) is 6.63. The van der Waals surface area contributed by atoms with Crippen LogP contribution in [-0.4, -0.2) is 24.0 Å². The van der Waals surface area contributed by atoms with Crippen LogP contribution in [-0.2, 0) is 13.9 Å².